The van der Waals surface area contributed by atoms with Crippen molar-refractivity contribution in [2.45, 2.75) is 0 Å². The first-order chi connectivity index (χ1) is 6.36. The van der Waals surface area contributed by atoms with Gasteiger partial charge in [0, 0.05) is 18.0 Å². The molecule has 1 aromatic carbocycles. The molecule has 0 bridgehead atoms. The third kappa shape index (κ3) is 1.72. The number of hydrogen-bond donors (Lipinski definition) is 0. The minimum Gasteiger partial charge on any atom is -0.261 e. The fourth-order valence-electron chi connectivity index (χ4n) is 1.18. The van der Waals surface area contributed by atoms with Gasteiger partial charge >= 0.3 is 0 Å². The van der Waals surface area contributed by atoms with Gasteiger partial charge in [-0.15, -0.1) is 0 Å². The average molecular weight is 169 g/mol. The topological polar surface area (TPSA) is 25.8 Å². The van der Waals surface area contributed by atoms with Gasteiger partial charge in [-0.25, -0.2) is 0 Å². The molecule has 0 aliphatic rings. The van der Waals surface area contributed by atoms with Crippen LogP contribution in [0.1, 0.15) is 5.56 Å². The summed E-state index contributed by atoms with van der Waals surface area (Å²) in [6.07, 6.45) is 5.09. The Morgan fingerprint density at radius 1 is 1.15 bits per heavy atom. The third-order valence-electron chi connectivity index (χ3n) is 1.79. The summed E-state index contributed by atoms with van der Waals surface area (Å²) in [5.74, 6) is 0. The van der Waals surface area contributed by atoms with Crippen LogP contribution in [0.25, 0.3) is 11.3 Å². The van der Waals surface area contributed by atoms with E-state index < -0.39 is 0 Å². The van der Waals surface area contributed by atoms with Crippen LogP contribution in [0.4, 0.5) is 0 Å². The van der Waals surface area contributed by atoms with Crippen LogP contribution in [-0.4, -0.2) is 9.97 Å². The predicted octanol–water partition coefficient (Wildman–Crippen LogP) is 2.33. The van der Waals surface area contributed by atoms with E-state index in [1.54, 1.807) is 18.6 Å². The zero-order chi connectivity index (χ0) is 9.10. The van der Waals surface area contributed by atoms with Crippen LogP contribution in [-0.2, 0) is 0 Å². The van der Waals surface area contributed by atoms with Gasteiger partial charge in [-0.2, -0.15) is 0 Å². The van der Waals surface area contributed by atoms with Crippen molar-refractivity contribution in [3.63, 3.8) is 0 Å². The molecular weight excluding hydrogens is 160 g/mol. The zero-order valence-electron chi connectivity index (χ0n) is 7.14. The van der Waals surface area contributed by atoms with Crippen LogP contribution in [0.5, 0.6) is 0 Å². The summed E-state index contributed by atoms with van der Waals surface area (Å²) in [4.78, 5) is 8.21. The summed E-state index contributed by atoms with van der Waals surface area (Å²) in [6.45, 7) is 3.86. The second-order valence-corrected chi connectivity index (χ2v) is 2.79. The van der Waals surface area contributed by atoms with Crippen molar-refractivity contribution >= 4 is 0 Å². The first-order valence-electron chi connectivity index (χ1n) is 4.05. The molecule has 1 heterocycles. The second-order valence-electron chi connectivity index (χ2n) is 2.79. The summed E-state index contributed by atoms with van der Waals surface area (Å²) in [6, 6.07) is 7.91. The first kappa shape index (κ1) is 7.92. The molecule has 2 aromatic rings. The minimum atomic E-state index is 0.882. The molecule has 0 N–H and O–H groups in total. The Morgan fingerprint density at radius 3 is 2.77 bits per heavy atom. The van der Waals surface area contributed by atoms with Crippen LogP contribution in [0, 0.1) is 6.92 Å². The molecule has 0 amide bonds. The number of benzene rings is 1. The van der Waals surface area contributed by atoms with Crippen molar-refractivity contribution in [3.05, 3.63) is 55.3 Å². The highest BCUT2D eigenvalue weighted by Crippen LogP contribution is 2.15. The maximum Gasteiger partial charge on any atom is 0.0885 e. The first-order valence-corrected chi connectivity index (χ1v) is 4.05. The van der Waals surface area contributed by atoms with Gasteiger partial charge in [0.2, 0.25) is 0 Å². The van der Waals surface area contributed by atoms with Crippen molar-refractivity contribution in [2.24, 2.45) is 0 Å². The zero-order valence-corrected chi connectivity index (χ0v) is 7.14. The van der Waals surface area contributed by atoms with Crippen LogP contribution in [0.2, 0.25) is 0 Å². The van der Waals surface area contributed by atoms with Crippen molar-refractivity contribution in [1.29, 1.82) is 0 Å². The Kier molecular flexibility index (Phi) is 2.04. The molecule has 63 valence electrons. The Labute approximate surface area is 77.3 Å². The fourth-order valence-corrected chi connectivity index (χ4v) is 1.18. The van der Waals surface area contributed by atoms with Gasteiger partial charge in [0.15, 0.2) is 0 Å². The van der Waals surface area contributed by atoms with E-state index in [1.165, 1.54) is 0 Å². The fraction of sp³-hybridized carbons (Fsp3) is 0. The predicted molar refractivity (Wildman–Crippen MR) is 51.9 cm³/mol. The van der Waals surface area contributed by atoms with Crippen molar-refractivity contribution in [1.82, 2.24) is 9.97 Å². The van der Waals surface area contributed by atoms with E-state index in [4.69, 9.17) is 0 Å². The molecule has 0 fully saturated rings. The molecule has 2 rings (SSSR count). The van der Waals surface area contributed by atoms with Gasteiger partial charge in [-0.3, -0.25) is 9.97 Å². The Morgan fingerprint density at radius 2 is 2.08 bits per heavy atom. The molecular formula is C11H9N2. The highest BCUT2D eigenvalue weighted by Gasteiger charge is 1.97. The largest absolute Gasteiger partial charge is 0.261 e. The highest BCUT2D eigenvalue weighted by molar-refractivity contribution is 5.58. The van der Waals surface area contributed by atoms with E-state index in [-0.39, 0.29) is 0 Å². The summed E-state index contributed by atoms with van der Waals surface area (Å²) in [5, 5.41) is 0. The monoisotopic (exact) mass is 169 g/mol. The van der Waals surface area contributed by atoms with Gasteiger partial charge in [-0.05, 0) is 18.6 Å². The lowest BCUT2D eigenvalue weighted by Crippen LogP contribution is -1.84. The Balaban J connectivity index is 2.48. The normalized spacial score (nSPS) is 9.92. The van der Waals surface area contributed by atoms with Crippen molar-refractivity contribution in [2.75, 3.05) is 0 Å². The van der Waals surface area contributed by atoms with Crippen LogP contribution in [0.3, 0.4) is 0 Å². The summed E-state index contributed by atoms with van der Waals surface area (Å²) in [5.41, 5.74) is 2.93. The standard InChI is InChI=1S/C11H9N2/c1-9-3-2-4-10(7-9)11-8-12-5-6-13-11/h2-8H,1H2. The molecule has 0 saturated carbocycles. The molecule has 2 heteroatoms. The van der Waals surface area contributed by atoms with E-state index in [1.807, 2.05) is 24.3 Å². The Hall–Kier alpha value is -1.70. The molecule has 0 saturated heterocycles. The molecule has 1 radical (unpaired) electrons. The highest BCUT2D eigenvalue weighted by atomic mass is 14.8. The third-order valence-corrected chi connectivity index (χ3v) is 1.79. The Bertz CT molecular complexity index is 396. The molecule has 0 aliphatic carbocycles. The average Bonchev–Trinajstić information content (AvgIpc) is 2.19. The van der Waals surface area contributed by atoms with E-state index in [9.17, 15) is 0 Å². The van der Waals surface area contributed by atoms with Crippen LogP contribution < -0.4 is 0 Å². The number of hydrogen-bond acceptors (Lipinski definition) is 2. The van der Waals surface area contributed by atoms with Gasteiger partial charge in [0.1, 0.15) is 0 Å². The lowest BCUT2D eigenvalue weighted by atomic mass is 10.1. The second kappa shape index (κ2) is 3.35. The molecule has 0 unspecified atom stereocenters. The quantitative estimate of drug-likeness (QED) is 0.654. The van der Waals surface area contributed by atoms with Crippen molar-refractivity contribution in [3.8, 4) is 11.3 Å². The number of nitrogens with zero attached hydrogens (tertiary/aromatic N) is 2. The van der Waals surface area contributed by atoms with Crippen LogP contribution >= 0.6 is 0 Å². The summed E-state index contributed by atoms with van der Waals surface area (Å²) < 4.78 is 0. The van der Waals surface area contributed by atoms with Gasteiger partial charge < -0.3 is 0 Å². The molecule has 0 atom stereocenters. The van der Waals surface area contributed by atoms with Crippen LogP contribution in [0.15, 0.2) is 42.9 Å². The molecule has 2 nitrogen and oxygen atoms in total. The van der Waals surface area contributed by atoms with Crippen molar-refractivity contribution < 1.29 is 0 Å². The van der Waals surface area contributed by atoms with Gasteiger partial charge in [0.05, 0.1) is 11.9 Å². The number of rotatable bonds is 1. The number of aromatic nitrogens is 2. The molecule has 0 aliphatic heterocycles. The minimum absolute atomic E-state index is 0.882. The van der Waals surface area contributed by atoms with E-state index in [2.05, 4.69) is 16.9 Å². The van der Waals surface area contributed by atoms with E-state index >= 15 is 0 Å². The lowest BCUT2D eigenvalue weighted by molar-refractivity contribution is 1.20. The van der Waals surface area contributed by atoms with E-state index in [0.29, 0.717) is 0 Å². The van der Waals surface area contributed by atoms with E-state index in [0.717, 1.165) is 16.8 Å². The lowest BCUT2D eigenvalue weighted by Gasteiger charge is -1.99. The molecule has 0 spiro atoms. The van der Waals surface area contributed by atoms with Gasteiger partial charge in [-0.1, -0.05) is 18.2 Å². The SMILES string of the molecule is [CH2]c1cccc(-c2cnccn2)c1. The molecule has 13 heavy (non-hydrogen) atoms. The molecule has 1 aromatic heterocycles. The summed E-state index contributed by atoms with van der Waals surface area (Å²) >= 11 is 0. The maximum absolute atomic E-state index is 4.20. The smallest absolute Gasteiger partial charge is 0.0885 e. The summed E-state index contributed by atoms with van der Waals surface area (Å²) in [7, 11) is 0. The maximum atomic E-state index is 4.20. The van der Waals surface area contributed by atoms with Gasteiger partial charge in [0.25, 0.3) is 0 Å².